The third-order valence-electron chi connectivity index (χ3n) is 2.66. The second-order valence-electron chi connectivity index (χ2n) is 3.72. The number of nitrogens with two attached hydrogens (primary N) is 1. The average Bonchev–Trinajstić information content (AvgIpc) is 2.59. The van der Waals surface area contributed by atoms with Crippen LogP contribution in [0.3, 0.4) is 0 Å². The second-order valence-corrected chi connectivity index (χ2v) is 4.57. The summed E-state index contributed by atoms with van der Waals surface area (Å²) in [5.74, 6) is 0.469. The zero-order chi connectivity index (χ0) is 11.7. The molecule has 0 unspecified atom stereocenters. The number of rotatable bonds is 3. The highest BCUT2D eigenvalue weighted by molar-refractivity contribution is 9.10. The first-order valence-electron chi connectivity index (χ1n) is 4.96. The molecule has 4 heteroatoms. The van der Waals surface area contributed by atoms with Crippen molar-refractivity contribution in [2.24, 2.45) is 5.73 Å². The fourth-order valence-corrected chi connectivity index (χ4v) is 2.47. The molecule has 1 aromatic rings. The lowest BCUT2D eigenvalue weighted by atomic mass is 10.0. The smallest absolute Gasteiger partial charge is 0.221 e. The van der Waals surface area contributed by atoms with Crippen LogP contribution in [0.1, 0.15) is 17.5 Å². The Morgan fingerprint density at radius 1 is 1.56 bits per heavy atom. The highest BCUT2D eigenvalue weighted by Crippen LogP contribution is 2.36. The molecule has 84 valence electrons. The molecule has 1 amide bonds. The number of hydrogen-bond acceptors (Lipinski definition) is 2. The van der Waals surface area contributed by atoms with Crippen molar-refractivity contribution in [1.82, 2.24) is 0 Å². The van der Waals surface area contributed by atoms with E-state index in [0.717, 1.165) is 27.8 Å². The van der Waals surface area contributed by atoms with E-state index in [1.54, 1.807) is 7.11 Å². The van der Waals surface area contributed by atoms with E-state index in [-0.39, 0.29) is 12.3 Å². The predicted octanol–water partition coefficient (Wildman–Crippen LogP) is 2.27. The largest absolute Gasteiger partial charge is 0.496 e. The number of primary amides is 1. The third kappa shape index (κ3) is 1.97. The van der Waals surface area contributed by atoms with Crippen LogP contribution in [-0.4, -0.2) is 13.0 Å². The van der Waals surface area contributed by atoms with Gasteiger partial charge in [-0.15, -0.1) is 0 Å². The fraction of sp³-hybridized carbons (Fsp3) is 0.250. The molecule has 2 N–H and O–H groups in total. The zero-order valence-corrected chi connectivity index (χ0v) is 10.5. The monoisotopic (exact) mass is 281 g/mol. The summed E-state index contributed by atoms with van der Waals surface area (Å²) >= 11 is 3.44. The van der Waals surface area contributed by atoms with Gasteiger partial charge in [0.05, 0.1) is 18.0 Å². The van der Waals surface area contributed by atoms with Gasteiger partial charge < -0.3 is 10.5 Å². The quantitative estimate of drug-likeness (QED) is 0.924. The van der Waals surface area contributed by atoms with E-state index in [4.69, 9.17) is 10.5 Å². The van der Waals surface area contributed by atoms with Gasteiger partial charge in [0, 0.05) is 0 Å². The molecule has 0 saturated carbocycles. The number of carbonyl (C=O) groups is 1. The van der Waals surface area contributed by atoms with Gasteiger partial charge in [0.15, 0.2) is 0 Å². The van der Waals surface area contributed by atoms with Crippen molar-refractivity contribution >= 4 is 27.4 Å². The Hall–Kier alpha value is -1.29. The molecule has 0 aliphatic heterocycles. The molecule has 1 aromatic carbocycles. The van der Waals surface area contributed by atoms with Crippen LogP contribution in [0.5, 0.6) is 5.75 Å². The molecule has 0 heterocycles. The molecule has 0 radical (unpaired) electrons. The highest BCUT2D eigenvalue weighted by atomic mass is 79.9. The van der Waals surface area contributed by atoms with Crippen LogP contribution in [0.15, 0.2) is 22.7 Å². The molecule has 0 spiro atoms. The van der Waals surface area contributed by atoms with E-state index >= 15 is 0 Å². The summed E-state index contributed by atoms with van der Waals surface area (Å²) < 4.78 is 6.17. The van der Waals surface area contributed by atoms with E-state index in [9.17, 15) is 4.79 Å². The molecule has 0 atom stereocenters. The molecule has 0 saturated heterocycles. The van der Waals surface area contributed by atoms with Crippen molar-refractivity contribution in [3.05, 3.63) is 33.8 Å². The molecule has 16 heavy (non-hydrogen) atoms. The van der Waals surface area contributed by atoms with Crippen molar-refractivity contribution in [3.8, 4) is 5.75 Å². The zero-order valence-electron chi connectivity index (χ0n) is 8.92. The van der Waals surface area contributed by atoms with Crippen LogP contribution in [0.2, 0.25) is 0 Å². The summed E-state index contributed by atoms with van der Waals surface area (Å²) in [6.07, 6.45) is 3.18. The molecule has 1 aliphatic carbocycles. The van der Waals surface area contributed by atoms with E-state index in [1.165, 1.54) is 5.56 Å². The number of ether oxygens (including phenoxy) is 1. The molecule has 0 fully saturated rings. The van der Waals surface area contributed by atoms with E-state index in [2.05, 4.69) is 15.9 Å². The molecule has 1 aliphatic rings. The van der Waals surface area contributed by atoms with Crippen LogP contribution in [0.25, 0.3) is 5.57 Å². The minimum atomic E-state index is -0.305. The van der Waals surface area contributed by atoms with Crippen molar-refractivity contribution in [2.45, 2.75) is 12.8 Å². The van der Waals surface area contributed by atoms with Gasteiger partial charge in [0.25, 0.3) is 0 Å². The van der Waals surface area contributed by atoms with Gasteiger partial charge in [-0.05, 0) is 51.2 Å². The van der Waals surface area contributed by atoms with E-state index in [1.807, 2.05) is 18.2 Å². The van der Waals surface area contributed by atoms with Crippen molar-refractivity contribution < 1.29 is 9.53 Å². The maximum absolute atomic E-state index is 10.9. The number of benzene rings is 1. The van der Waals surface area contributed by atoms with Gasteiger partial charge in [-0.25, -0.2) is 0 Å². The van der Waals surface area contributed by atoms with Crippen molar-refractivity contribution in [2.75, 3.05) is 7.11 Å². The minimum absolute atomic E-state index is 0.289. The van der Waals surface area contributed by atoms with E-state index < -0.39 is 0 Å². The minimum Gasteiger partial charge on any atom is -0.496 e. The molecule has 3 nitrogen and oxygen atoms in total. The standard InChI is InChI=1S/C12H12BrNO2/c1-16-11-6-9-7(4-10(11)13)2-3-8(9)5-12(14)15/h3-4,6H,2,5H2,1H3,(H2,14,15). The number of amides is 1. The van der Waals surface area contributed by atoms with Gasteiger partial charge >= 0.3 is 0 Å². The first kappa shape index (κ1) is 11.2. The summed E-state index contributed by atoms with van der Waals surface area (Å²) in [4.78, 5) is 10.9. The summed E-state index contributed by atoms with van der Waals surface area (Å²) in [6.45, 7) is 0. The van der Waals surface area contributed by atoms with Gasteiger partial charge in [-0.3, -0.25) is 4.79 Å². The maximum Gasteiger partial charge on any atom is 0.221 e. The van der Waals surface area contributed by atoms with Crippen LogP contribution in [-0.2, 0) is 11.2 Å². The van der Waals surface area contributed by atoms with E-state index in [0.29, 0.717) is 0 Å². The number of carbonyl (C=O) groups excluding carboxylic acids is 1. The Kier molecular flexibility index (Phi) is 3.01. The SMILES string of the molecule is COc1cc2c(cc1Br)CC=C2CC(N)=O. The fourth-order valence-electron chi connectivity index (χ4n) is 1.92. The van der Waals surface area contributed by atoms with Crippen LogP contribution < -0.4 is 10.5 Å². The van der Waals surface area contributed by atoms with Crippen LogP contribution in [0, 0.1) is 0 Å². The van der Waals surface area contributed by atoms with Crippen LogP contribution >= 0.6 is 15.9 Å². The Morgan fingerprint density at radius 2 is 2.31 bits per heavy atom. The third-order valence-corrected chi connectivity index (χ3v) is 3.28. The Bertz CT molecular complexity index is 480. The number of methoxy groups -OCH3 is 1. The summed E-state index contributed by atoms with van der Waals surface area (Å²) in [6, 6.07) is 3.97. The Labute approximate surface area is 102 Å². The topological polar surface area (TPSA) is 52.3 Å². The predicted molar refractivity (Wildman–Crippen MR) is 66.2 cm³/mol. The number of hydrogen-bond donors (Lipinski definition) is 1. The Balaban J connectivity index is 2.39. The number of halogens is 1. The molecule has 2 rings (SSSR count). The van der Waals surface area contributed by atoms with Crippen molar-refractivity contribution in [3.63, 3.8) is 0 Å². The molecular weight excluding hydrogens is 270 g/mol. The first-order chi connectivity index (χ1) is 7.61. The lowest BCUT2D eigenvalue weighted by Crippen LogP contribution is -2.10. The first-order valence-corrected chi connectivity index (χ1v) is 5.75. The molecule has 0 aromatic heterocycles. The lowest BCUT2D eigenvalue weighted by Gasteiger charge is -2.09. The average molecular weight is 282 g/mol. The molecule has 0 bridgehead atoms. The van der Waals surface area contributed by atoms with Crippen LogP contribution in [0.4, 0.5) is 0 Å². The van der Waals surface area contributed by atoms with Gasteiger partial charge in [-0.2, -0.15) is 0 Å². The molecular formula is C12H12BrNO2. The number of fused-ring (bicyclic) bond motifs is 1. The van der Waals surface area contributed by atoms with Gasteiger partial charge in [0.1, 0.15) is 5.75 Å². The Morgan fingerprint density at radius 3 is 2.94 bits per heavy atom. The normalized spacial score (nSPS) is 13.2. The van der Waals surface area contributed by atoms with Gasteiger partial charge in [-0.1, -0.05) is 6.08 Å². The lowest BCUT2D eigenvalue weighted by molar-refractivity contribution is -0.117. The van der Waals surface area contributed by atoms with Gasteiger partial charge in [0.2, 0.25) is 5.91 Å². The summed E-state index contributed by atoms with van der Waals surface area (Å²) in [5, 5.41) is 0. The second kappa shape index (κ2) is 4.29. The summed E-state index contributed by atoms with van der Waals surface area (Å²) in [7, 11) is 1.62. The van der Waals surface area contributed by atoms with Crippen molar-refractivity contribution in [1.29, 1.82) is 0 Å². The number of allylic oxidation sites excluding steroid dienone is 1. The highest BCUT2D eigenvalue weighted by Gasteiger charge is 2.18. The summed E-state index contributed by atoms with van der Waals surface area (Å²) in [5.41, 5.74) is 8.47. The maximum atomic E-state index is 10.9.